The molecule has 0 saturated carbocycles. The van der Waals surface area contributed by atoms with Crippen molar-refractivity contribution in [1.29, 1.82) is 0 Å². The predicted octanol–water partition coefficient (Wildman–Crippen LogP) is 6.70. The number of hydrogen-bond donors (Lipinski definition) is 2. The molecule has 0 bridgehead atoms. The molecule has 0 radical (unpaired) electrons. The lowest BCUT2D eigenvalue weighted by Gasteiger charge is -2.29. The van der Waals surface area contributed by atoms with Crippen LogP contribution in [0, 0.1) is 0 Å². The van der Waals surface area contributed by atoms with Gasteiger partial charge in [-0.2, -0.15) is 0 Å². The van der Waals surface area contributed by atoms with Crippen LogP contribution in [0.5, 0.6) is 5.75 Å². The summed E-state index contributed by atoms with van der Waals surface area (Å²) in [5.74, 6) is 0.911. The van der Waals surface area contributed by atoms with Gasteiger partial charge in [0.25, 0.3) is 5.91 Å². The van der Waals surface area contributed by atoms with Crippen molar-refractivity contribution in [3.05, 3.63) is 139 Å². The Bertz CT molecular complexity index is 1500. The van der Waals surface area contributed by atoms with Crippen molar-refractivity contribution in [2.75, 3.05) is 19.8 Å². The summed E-state index contributed by atoms with van der Waals surface area (Å²) in [5, 5.41) is 12.2. The molecule has 1 aliphatic rings. The number of hydrogen-bond acceptors (Lipinski definition) is 5. The summed E-state index contributed by atoms with van der Waals surface area (Å²) in [5.41, 5.74) is 3.84. The first kappa shape index (κ1) is 29.8. The van der Waals surface area contributed by atoms with E-state index in [-0.39, 0.29) is 12.5 Å². The number of aryl methyl sites for hydroxylation is 1. The molecule has 0 unspecified atom stereocenters. The quantitative estimate of drug-likeness (QED) is 0.130. The van der Waals surface area contributed by atoms with Crippen LogP contribution in [-0.2, 0) is 16.0 Å². The number of nitrogens with zero attached hydrogens (tertiary/aromatic N) is 1. The van der Waals surface area contributed by atoms with Crippen LogP contribution >= 0.6 is 0 Å². The smallest absolute Gasteiger partial charge is 0.252 e. The van der Waals surface area contributed by atoms with Gasteiger partial charge < -0.3 is 19.9 Å². The van der Waals surface area contributed by atoms with Crippen molar-refractivity contribution in [2.45, 2.75) is 37.3 Å². The van der Waals surface area contributed by atoms with E-state index in [1.807, 2.05) is 72.8 Å². The molecule has 6 nitrogen and oxygen atoms in total. The number of aliphatic hydroxyl groups is 1. The summed E-state index contributed by atoms with van der Waals surface area (Å²) in [7, 11) is 0. The zero-order valence-corrected chi connectivity index (χ0v) is 24.3. The van der Waals surface area contributed by atoms with Crippen LogP contribution in [0.4, 0.5) is 0 Å². The molecule has 1 amide bonds. The van der Waals surface area contributed by atoms with Gasteiger partial charge in [-0.05, 0) is 59.4 Å². The molecule has 6 heteroatoms. The van der Waals surface area contributed by atoms with Crippen LogP contribution in [0.15, 0.2) is 127 Å². The lowest BCUT2D eigenvalue weighted by Crippen LogP contribution is -2.48. The molecular formula is C37H38N2O4. The number of carbonyl (C=O) groups excluding carboxylic acids is 1. The van der Waals surface area contributed by atoms with Gasteiger partial charge in [-0.25, -0.2) is 4.99 Å². The van der Waals surface area contributed by atoms with E-state index in [1.165, 1.54) is 5.56 Å². The van der Waals surface area contributed by atoms with E-state index < -0.39 is 11.6 Å². The van der Waals surface area contributed by atoms with Gasteiger partial charge >= 0.3 is 0 Å². The molecule has 220 valence electrons. The number of rotatable bonds is 14. The lowest BCUT2D eigenvalue weighted by molar-refractivity contribution is -0.128. The van der Waals surface area contributed by atoms with Crippen molar-refractivity contribution in [3.8, 4) is 16.9 Å². The van der Waals surface area contributed by atoms with E-state index in [0.29, 0.717) is 37.6 Å². The second kappa shape index (κ2) is 14.5. The number of amides is 1. The van der Waals surface area contributed by atoms with Crippen LogP contribution in [0.1, 0.15) is 42.1 Å². The van der Waals surface area contributed by atoms with E-state index in [1.54, 1.807) is 6.08 Å². The third kappa shape index (κ3) is 7.22. The molecule has 2 atom stereocenters. The van der Waals surface area contributed by atoms with Crippen LogP contribution < -0.4 is 10.1 Å². The summed E-state index contributed by atoms with van der Waals surface area (Å²) >= 11 is 0. The number of ether oxygens (including phenoxy) is 2. The van der Waals surface area contributed by atoms with E-state index in [0.717, 1.165) is 35.1 Å². The largest absolute Gasteiger partial charge is 0.494 e. The maximum absolute atomic E-state index is 14.0. The number of aliphatic hydroxyl groups excluding tert-OH is 1. The van der Waals surface area contributed by atoms with Crippen LogP contribution in [0.2, 0.25) is 0 Å². The van der Waals surface area contributed by atoms with E-state index in [4.69, 9.17) is 19.6 Å². The SMILES string of the molecule is C=CC[C@@]1(C(=O)NCCCc2ccccc2)N=C(c2ccc(OCCCO)cc2)O[C@@H]1c1ccc(-c2ccccc2)cc1. The Kier molecular flexibility index (Phi) is 10.0. The van der Waals surface area contributed by atoms with Crippen molar-refractivity contribution < 1.29 is 19.4 Å². The van der Waals surface area contributed by atoms with Crippen molar-refractivity contribution in [3.63, 3.8) is 0 Å². The first-order chi connectivity index (χ1) is 21.1. The Morgan fingerprint density at radius 2 is 1.53 bits per heavy atom. The molecule has 0 aromatic heterocycles. The monoisotopic (exact) mass is 574 g/mol. The highest BCUT2D eigenvalue weighted by Crippen LogP contribution is 2.43. The molecular weight excluding hydrogens is 536 g/mol. The molecule has 0 spiro atoms. The molecule has 0 saturated heterocycles. The first-order valence-electron chi connectivity index (χ1n) is 14.8. The molecule has 0 aliphatic carbocycles. The van der Waals surface area contributed by atoms with Crippen LogP contribution in [0.25, 0.3) is 11.1 Å². The van der Waals surface area contributed by atoms with Crippen molar-refractivity contribution in [2.24, 2.45) is 4.99 Å². The van der Waals surface area contributed by atoms with E-state index in [9.17, 15) is 4.79 Å². The minimum atomic E-state index is -1.21. The standard InChI is InChI=1S/C37H38N2O4/c1-2-24-37(36(41)38-25-9-13-28-11-5-3-6-12-28)34(31-18-16-30(17-19-31)29-14-7-4-8-15-29)43-35(39-37)32-20-22-33(23-21-32)42-27-10-26-40/h2-8,11-12,14-23,34,40H,1,9-10,13,24-27H2,(H,38,41)/t34-,37-/m1/s1. The second-order valence-electron chi connectivity index (χ2n) is 10.6. The molecule has 2 N–H and O–H groups in total. The highest BCUT2D eigenvalue weighted by molar-refractivity contribution is 6.01. The average molecular weight is 575 g/mol. The minimum Gasteiger partial charge on any atom is -0.494 e. The molecule has 1 aliphatic heterocycles. The third-order valence-electron chi connectivity index (χ3n) is 7.58. The fourth-order valence-corrected chi connectivity index (χ4v) is 5.31. The van der Waals surface area contributed by atoms with Gasteiger partial charge in [0.1, 0.15) is 5.75 Å². The normalized spacial score (nSPS) is 17.5. The van der Waals surface area contributed by atoms with Crippen molar-refractivity contribution >= 4 is 11.8 Å². The highest BCUT2D eigenvalue weighted by Gasteiger charge is 2.52. The Morgan fingerprint density at radius 3 is 2.21 bits per heavy atom. The Hall–Kier alpha value is -4.68. The molecule has 43 heavy (non-hydrogen) atoms. The fourth-order valence-electron chi connectivity index (χ4n) is 5.31. The summed E-state index contributed by atoms with van der Waals surface area (Å²) < 4.78 is 12.2. The zero-order chi connectivity index (χ0) is 29.9. The van der Waals surface area contributed by atoms with E-state index in [2.05, 4.69) is 48.3 Å². The topological polar surface area (TPSA) is 80.2 Å². The summed E-state index contributed by atoms with van der Waals surface area (Å²) in [6.07, 6.45) is 3.66. The third-order valence-corrected chi connectivity index (χ3v) is 7.58. The maximum atomic E-state index is 14.0. The van der Waals surface area contributed by atoms with Gasteiger partial charge in [0.15, 0.2) is 11.6 Å². The molecule has 0 fully saturated rings. The first-order valence-corrected chi connectivity index (χ1v) is 14.8. The van der Waals surface area contributed by atoms with Gasteiger partial charge in [0, 0.05) is 31.6 Å². The fraction of sp³-hybridized carbons (Fsp3) is 0.243. The Labute approximate surface area is 253 Å². The van der Waals surface area contributed by atoms with Gasteiger partial charge in [-0.15, -0.1) is 6.58 Å². The molecule has 1 heterocycles. The minimum absolute atomic E-state index is 0.0795. The van der Waals surface area contributed by atoms with Crippen molar-refractivity contribution in [1.82, 2.24) is 5.32 Å². The maximum Gasteiger partial charge on any atom is 0.252 e. The Morgan fingerprint density at radius 1 is 0.884 bits per heavy atom. The number of carbonyl (C=O) groups is 1. The highest BCUT2D eigenvalue weighted by atomic mass is 16.5. The Balaban J connectivity index is 1.41. The number of benzene rings is 4. The summed E-state index contributed by atoms with van der Waals surface area (Å²) in [4.78, 5) is 19.0. The zero-order valence-electron chi connectivity index (χ0n) is 24.3. The second-order valence-corrected chi connectivity index (χ2v) is 10.6. The number of aliphatic imine (C=N–C) groups is 1. The average Bonchev–Trinajstić information content (AvgIpc) is 3.45. The van der Waals surface area contributed by atoms with Crippen LogP contribution in [0.3, 0.4) is 0 Å². The molecule has 4 aromatic carbocycles. The lowest BCUT2D eigenvalue weighted by atomic mass is 9.84. The van der Waals surface area contributed by atoms with E-state index >= 15 is 0 Å². The summed E-state index contributed by atoms with van der Waals surface area (Å²) in [6.45, 7) is 5.01. The van der Waals surface area contributed by atoms with Crippen LogP contribution in [-0.4, -0.2) is 42.2 Å². The van der Waals surface area contributed by atoms with Gasteiger partial charge in [0.05, 0.1) is 6.61 Å². The summed E-state index contributed by atoms with van der Waals surface area (Å²) in [6, 6.07) is 36.0. The van der Waals surface area contributed by atoms with Gasteiger partial charge in [-0.3, -0.25) is 4.79 Å². The number of nitrogens with one attached hydrogen (secondary N) is 1. The van der Waals surface area contributed by atoms with Gasteiger partial charge in [-0.1, -0.05) is 91.0 Å². The molecule has 4 aromatic rings. The predicted molar refractivity (Wildman–Crippen MR) is 171 cm³/mol. The molecule has 5 rings (SSSR count). The van der Waals surface area contributed by atoms with Gasteiger partial charge in [0.2, 0.25) is 5.90 Å².